The summed E-state index contributed by atoms with van der Waals surface area (Å²) in [5.41, 5.74) is 0.162. The van der Waals surface area contributed by atoms with Crippen molar-refractivity contribution in [1.82, 2.24) is 15.5 Å². The zero-order valence-corrected chi connectivity index (χ0v) is 16.4. The number of hydrogen-bond acceptors (Lipinski definition) is 3. The summed E-state index contributed by atoms with van der Waals surface area (Å²) in [6.45, 7) is 0.175. The fourth-order valence-corrected chi connectivity index (χ4v) is 4.03. The van der Waals surface area contributed by atoms with Gasteiger partial charge in [0.25, 0.3) is 5.91 Å². The maximum Gasteiger partial charge on any atom is 0.416 e. The van der Waals surface area contributed by atoms with Gasteiger partial charge in [0.2, 0.25) is 11.8 Å². The SMILES string of the molecule is O=C(N[C@H]1C[C@H]2C(=O)N[C@@H](Cc3ccccc3)C(=O)N2C1)c1ccc(C(F)(F)F)cc1. The quantitative estimate of drug-likeness (QED) is 0.779. The highest BCUT2D eigenvalue weighted by Crippen LogP contribution is 2.29. The van der Waals surface area contributed by atoms with Gasteiger partial charge in [0.05, 0.1) is 5.56 Å². The molecule has 0 bridgehead atoms. The maximum atomic E-state index is 12.9. The monoisotopic (exact) mass is 431 g/mol. The molecule has 0 unspecified atom stereocenters. The highest BCUT2D eigenvalue weighted by Gasteiger charge is 2.46. The molecule has 0 aliphatic carbocycles. The Kier molecular flexibility index (Phi) is 5.43. The number of nitrogens with zero attached hydrogens (tertiary/aromatic N) is 1. The van der Waals surface area contributed by atoms with Gasteiger partial charge in [-0.1, -0.05) is 30.3 Å². The van der Waals surface area contributed by atoms with Crippen LogP contribution in [0.5, 0.6) is 0 Å². The van der Waals surface area contributed by atoms with Gasteiger partial charge in [-0.2, -0.15) is 13.2 Å². The Morgan fingerprint density at radius 3 is 2.39 bits per heavy atom. The van der Waals surface area contributed by atoms with E-state index >= 15 is 0 Å². The van der Waals surface area contributed by atoms with Crippen molar-refractivity contribution in [3.63, 3.8) is 0 Å². The van der Waals surface area contributed by atoms with Crippen molar-refractivity contribution in [1.29, 1.82) is 0 Å². The van der Waals surface area contributed by atoms with Crippen LogP contribution >= 0.6 is 0 Å². The third kappa shape index (κ3) is 4.40. The highest BCUT2D eigenvalue weighted by atomic mass is 19.4. The van der Waals surface area contributed by atoms with Crippen molar-refractivity contribution in [2.24, 2.45) is 0 Å². The van der Waals surface area contributed by atoms with E-state index < -0.39 is 35.8 Å². The normalized spacial score (nSPS) is 23.3. The van der Waals surface area contributed by atoms with Crippen LogP contribution in [0.15, 0.2) is 54.6 Å². The van der Waals surface area contributed by atoms with E-state index in [1.807, 2.05) is 30.3 Å². The predicted octanol–water partition coefficient (Wildman–Crippen LogP) is 2.15. The van der Waals surface area contributed by atoms with E-state index in [2.05, 4.69) is 10.6 Å². The molecule has 2 N–H and O–H groups in total. The van der Waals surface area contributed by atoms with Crippen LogP contribution in [-0.2, 0) is 22.2 Å². The summed E-state index contributed by atoms with van der Waals surface area (Å²) in [7, 11) is 0. The number of carbonyl (C=O) groups excluding carboxylic acids is 3. The fourth-order valence-electron chi connectivity index (χ4n) is 4.03. The minimum Gasteiger partial charge on any atom is -0.347 e. The molecule has 4 rings (SSSR count). The number of halogens is 3. The van der Waals surface area contributed by atoms with Crippen LogP contribution in [0.2, 0.25) is 0 Å². The van der Waals surface area contributed by atoms with Gasteiger partial charge in [-0.15, -0.1) is 0 Å². The Morgan fingerprint density at radius 2 is 1.74 bits per heavy atom. The lowest BCUT2D eigenvalue weighted by Crippen LogP contribution is -2.61. The fraction of sp³-hybridized carbons (Fsp3) is 0.318. The maximum absolute atomic E-state index is 12.9. The third-order valence-corrected chi connectivity index (χ3v) is 5.59. The molecule has 9 heteroatoms. The Labute approximate surface area is 176 Å². The number of rotatable bonds is 4. The minimum absolute atomic E-state index is 0.0793. The molecule has 31 heavy (non-hydrogen) atoms. The number of nitrogens with one attached hydrogen (secondary N) is 2. The molecule has 2 aliphatic heterocycles. The molecule has 6 nitrogen and oxygen atoms in total. The number of benzene rings is 2. The molecular weight excluding hydrogens is 411 g/mol. The smallest absolute Gasteiger partial charge is 0.347 e. The van der Waals surface area contributed by atoms with E-state index in [4.69, 9.17) is 0 Å². The summed E-state index contributed by atoms with van der Waals surface area (Å²) in [6.07, 6.45) is -3.85. The molecule has 2 aliphatic rings. The van der Waals surface area contributed by atoms with E-state index in [-0.39, 0.29) is 30.3 Å². The van der Waals surface area contributed by atoms with Crippen molar-refractivity contribution in [3.05, 3.63) is 71.3 Å². The summed E-state index contributed by atoms with van der Waals surface area (Å²) >= 11 is 0. The lowest BCUT2D eigenvalue weighted by Gasteiger charge is -2.34. The number of fused-ring (bicyclic) bond motifs is 1. The largest absolute Gasteiger partial charge is 0.416 e. The summed E-state index contributed by atoms with van der Waals surface area (Å²) < 4.78 is 38.1. The average Bonchev–Trinajstić information content (AvgIpc) is 3.17. The van der Waals surface area contributed by atoms with Crippen molar-refractivity contribution in [2.75, 3.05) is 6.54 Å². The lowest BCUT2D eigenvalue weighted by atomic mass is 10.0. The molecule has 162 valence electrons. The number of piperazine rings is 1. The molecule has 2 saturated heterocycles. The summed E-state index contributed by atoms with van der Waals surface area (Å²) in [5.74, 6) is -1.03. The van der Waals surface area contributed by atoms with Crippen molar-refractivity contribution < 1.29 is 27.6 Å². The minimum atomic E-state index is -4.48. The first kappa shape index (κ1) is 20.9. The molecular formula is C22H20F3N3O3. The van der Waals surface area contributed by atoms with Crippen molar-refractivity contribution in [3.8, 4) is 0 Å². The molecule has 2 heterocycles. The van der Waals surface area contributed by atoms with E-state index in [9.17, 15) is 27.6 Å². The zero-order valence-electron chi connectivity index (χ0n) is 16.4. The number of amides is 3. The molecule has 0 spiro atoms. The number of hydrogen-bond donors (Lipinski definition) is 2. The van der Waals surface area contributed by atoms with Crippen LogP contribution in [0, 0.1) is 0 Å². The number of alkyl halides is 3. The van der Waals surface area contributed by atoms with E-state index in [1.165, 1.54) is 4.90 Å². The number of carbonyl (C=O) groups is 3. The van der Waals surface area contributed by atoms with Crippen LogP contribution in [0.3, 0.4) is 0 Å². The standard InChI is InChI=1S/C22H20F3N3O3/c23-22(24,25)15-8-6-14(7-9-15)19(29)26-16-11-18-20(30)27-17(21(31)28(18)12-16)10-13-4-2-1-3-5-13/h1-9,16-18H,10-12H2,(H,26,29)(H,27,30)/t16-,17-,18-/m0/s1. The summed E-state index contributed by atoms with van der Waals surface area (Å²) in [4.78, 5) is 39.3. The molecule has 3 amide bonds. The molecule has 2 aromatic rings. The van der Waals surface area contributed by atoms with Gasteiger partial charge in [-0.25, -0.2) is 0 Å². The first-order valence-electron chi connectivity index (χ1n) is 9.85. The van der Waals surface area contributed by atoms with E-state index in [1.54, 1.807) is 0 Å². The molecule has 0 radical (unpaired) electrons. The summed E-state index contributed by atoms with van der Waals surface area (Å²) in [5, 5.41) is 5.48. The second-order valence-corrected chi connectivity index (χ2v) is 7.74. The van der Waals surface area contributed by atoms with E-state index in [0.717, 1.165) is 29.8 Å². The van der Waals surface area contributed by atoms with Crippen molar-refractivity contribution >= 4 is 17.7 Å². The Hall–Kier alpha value is -3.36. The summed E-state index contributed by atoms with van der Waals surface area (Å²) in [6, 6.07) is 11.4. The first-order chi connectivity index (χ1) is 14.7. The Bertz CT molecular complexity index is 993. The van der Waals surface area contributed by atoms with Gasteiger partial charge < -0.3 is 15.5 Å². The van der Waals surface area contributed by atoms with Crippen molar-refractivity contribution in [2.45, 2.75) is 37.1 Å². The molecule has 0 saturated carbocycles. The van der Waals surface area contributed by atoms with Crippen LogP contribution in [0.1, 0.15) is 27.9 Å². The second-order valence-electron chi connectivity index (χ2n) is 7.74. The molecule has 2 aromatic carbocycles. The van der Waals surface area contributed by atoms with Crippen LogP contribution in [0.25, 0.3) is 0 Å². The van der Waals surface area contributed by atoms with Crippen LogP contribution in [-0.4, -0.2) is 47.3 Å². The topological polar surface area (TPSA) is 78.5 Å². The molecule has 3 atom stereocenters. The third-order valence-electron chi connectivity index (χ3n) is 5.59. The van der Waals surface area contributed by atoms with E-state index in [0.29, 0.717) is 6.42 Å². The molecule has 0 aromatic heterocycles. The van der Waals surface area contributed by atoms with Gasteiger partial charge in [-0.3, -0.25) is 14.4 Å². The predicted molar refractivity (Wildman–Crippen MR) is 105 cm³/mol. The van der Waals surface area contributed by atoms with Gasteiger partial charge in [0.15, 0.2) is 0 Å². The second kappa shape index (κ2) is 8.05. The Balaban J connectivity index is 1.40. The average molecular weight is 431 g/mol. The molecule has 2 fully saturated rings. The van der Waals surface area contributed by atoms with Crippen LogP contribution in [0.4, 0.5) is 13.2 Å². The first-order valence-corrected chi connectivity index (χ1v) is 9.85. The van der Waals surface area contributed by atoms with Gasteiger partial charge in [0.1, 0.15) is 12.1 Å². The lowest BCUT2D eigenvalue weighted by molar-refractivity contribution is -0.147. The van der Waals surface area contributed by atoms with Gasteiger partial charge >= 0.3 is 6.18 Å². The Morgan fingerprint density at radius 1 is 1.06 bits per heavy atom. The van der Waals surface area contributed by atoms with Crippen LogP contribution < -0.4 is 10.6 Å². The van der Waals surface area contributed by atoms with Gasteiger partial charge in [0, 0.05) is 24.6 Å². The highest BCUT2D eigenvalue weighted by molar-refractivity contribution is 5.98. The zero-order chi connectivity index (χ0) is 22.2. The van der Waals surface area contributed by atoms with Gasteiger partial charge in [-0.05, 0) is 36.2 Å².